The first kappa shape index (κ1) is 22.5. The molecule has 0 atom stereocenters. The summed E-state index contributed by atoms with van der Waals surface area (Å²) < 4.78 is 35.4. The largest absolute Gasteiger partial charge is 0.354 e. The number of carbonyl (C=O) groups is 1. The number of hydrogen-bond acceptors (Lipinski definition) is 6. The lowest BCUT2D eigenvalue weighted by Crippen LogP contribution is -2.24. The molecule has 2 aliphatic rings. The normalized spacial score (nSPS) is 16.5. The summed E-state index contributed by atoms with van der Waals surface area (Å²) in [7, 11) is -3.51. The minimum atomic E-state index is -3.51. The number of sulfonamides is 1. The van der Waals surface area contributed by atoms with Crippen LogP contribution in [0, 0.1) is 25.2 Å². The van der Waals surface area contributed by atoms with Crippen LogP contribution >= 0.6 is 0 Å². The molecule has 0 unspecified atom stereocenters. The zero-order valence-electron chi connectivity index (χ0n) is 19.1. The summed E-state index contributed by atoms with van der Waals surface area (Å²) in [6.07, 6.45) is 12.4. The number of amides is 1. The van der Waals surface area contributed by atoms with E-state index in [9.17, 15) is 13.2 Å². The van der Waals surface area contributed by atoms with Gasteiger partial charge < -0.3 is 9.42 Å². The van der Waals surface area contributed by atoms with Gasteiger partial charge in [0.15, 0.2) is 11.4 Å². The summed E-state index contributed by atoms with van der Waals surface area (Å²) in [5.41, 5.74) is 4.17. The Morgan fingerprint density at radius 1 is 1.26 bits per heavy atom. The maximum Gasteiger partial charge on any atom is 0.298 e. The molecule has 0 saturated heterocycles. The first-order valence-corrected chi connectivity index (χ1v) is 13.2. The van der Waals surface area contributed by atoms with Gasteiger partial charge in [0.05, 0.1) is 36.5 Å². The molecule has 10 heteroatoms. The zero-order chi connectivity index (χ0) is 23.9. The molecule has 34 heavy (non-hydrogen) atoms. The van der Waals surface area contributed by atoms with E-state index < -0.39 is 10.0 Å². The van der Waals surface area contributed by atoms with Gasteiger partial charge in [0.2, 0.25) is 10.0 Å². The van der Waals surface area contributed by atoms with E-state index in [-0.39, 0.29) is 23.4 Å². The highest BCUT2D eigenvalue weighted by atomic mass is 32.2. The molecule has 1 fully saturated rings. The highest BCUT2D eigenvalue weighted by Gasteiger charge is 2.26. The van der Waals surface area contributed by atoms with Crippen LogP contribution in [0.1, 0.15) is 54.5 Å². The Hall–Kier alpha value is -3.32. The Kier molecular flexibility index (Phi) is 5.81. The number of rotatable bonds is 6. The van der Waals surface area contributed by atoms with Crippen LogP contribution < -0.4 is 4.72 Å². The third-order valence-electron chi connectivity index (χ3n) is 6.65. The molecule has 3 aromatic rings. The summed E-state index contributed by atoms with van der Waals surface area (Å²) in [4.78, 5) is 13.3. The second-order valence-corrected chi connectivity index (χ2v) is 11.1. The van der Waals surface area contributed by atoms with Crippen LogP contribution in [0.5, 0.6) is 0 Å². The van der Waals surface area contributed by atoms with Gasteiger partial charge in [-0.3, -0.25) is 14.2 Å². The Bertz CT molecular complexity index is 1370. The van der Waals surface area contributed by atoms with Crippen molar-refractivity contribution in [2.75, 3.05) is 10.5 Å². The number of terminal acetylenes is 1. The van der Waals surface area contributed by atoms with Crippen molar-refractivity contribution in [3.63, 3.8) is 0 Å². The Morgan fingerprint density at radius 2 is 2.06 bits per heavy atom. The van der Waals surface area contributed by atoms with Gasteiger partial charge in [0.1, 0.15) is 0 Å². The first-order chi connectivity index (χ1) is 16.3. The molecule has 3 heterocycles. The zero-order valence-corrected chi connectivity index (χ0v) is 19.9. The second kappa shape index (κ2) is 8.80. The van der Waals surface area contributed by atoms with Gasteiger partial charge in [-0.15, -0.1) is 6.42 Å². The fourth-order valence-corrected chi connectivity index (χ4v) is 6.54. The van der Waals surface area contributed by atoms with Crippen molar-refractivity contribution in [1.29, 1.82) is 0 Å². The lowest BCUT2D eigenvalue weighted by Gasteiger charge is -2.21. The lowest BCUT2D eigenvalue weighted by atomic mass is 9.91. The number of hydrogen-bond donors (Lipinski definition) is 1. The SMILES string of the molecule is C#CC(=O)N1Cc2cn(Cc3cc(C)c4c(NS(=O)(=O)CC5CCCCC5)noc4c3)nc2C1. The van der Waals surface area contributed by atoms with Gasteiger partial charge in [-0.05, 0) is 48.8 Å². The molecule has 2 aromatic heterocycles. The average Bonchev–Trinajstić information content (AvgIpc) is 3.47. The summed E-state index contributed by atoms with van der Waals surface area (Å²) in [5, 5.41) is 9.27. The summed E-state index contributed by atoms with van der Waals surface area (Å²) in [6, 6.07) is 3.84. The molecule has 5 rings (SSSR count). The Labute approximate surface area is 198 Å². The van der Waals surface area contributed by atoms with Crippen LogP contribution in [0.2, 0.25) is 0 Å². The number of nitrogens with zero attached hydrogens (tertiary/aromatic N) is 4. The van der Waals surface area contributed by atoms with E-state index >= 15 is 0 Å². The number of aromatic nitrogens is 3. The van der Waals surface area contributed by atoms with Crippen LogP contribution in [-0.2, 0) is 34.5 Å². The Balaban J connectivity index is 1.31. The van der Waals surface area contributed by atoms with E-state index in [0.29, 0.717) is 30.6 Å². The van der Waals surface area contributed by atoms with Gasteiger partial charge in [0, 0.05) is 11.8 Å². The molecule has 9 nitrogen and oxygen atoms in total. The highest BCUT2D eigenvalue weighted by Crippen LogP contribution is 2.31. The van der Waals surface area contributed by atoms with E-state index in [0.717, 1.165) is 48.1 Å². The number of fused-ring (bicyclic) bond motifs is 2. The van der Waals surface area contributed by atoms with Crippen LogP contribution in [-0.4, -0.2) is 39.9 Å². The molecule has 0 spiro atoms. The Morgan fingerprint density at radius 3 is 2.79 bits per heavy atom. The van der Waals surface area contributed by atoms with Gasteiger partial charge >= 0.3 is 0 Å². The minimum Gasteiger partial charge on any atom is -0.354 e. The molecule has 1 N–H and O–H groups in total. The number of carbonyl (C=O) groups excluding carboxylic acids is 1. The molecule has 0 radical (unpaired) electrons. The molecule has 1 saturated carbocycles. The number of anilines is 1. The monoisotopic (exact) mass is 481 g/mol. The predicted octanol–water partition coefficient (Wildman–Crippen LogP) is 3.18. The maximum atomic E-state index is 12.7. The van der Waals surface area contributed by atoms with Crippen molar-refractivity contribution in [1.82, 2.24) is 19.8 Å². The van der Waals surface area contributed by atoms with Gasteiger partial charge in [0.25, 0.3) is 5.91 Å². The quantitative estimate of drug-likeness (QED) is 0.542. The van der Waals surface area contributed by atoms with Crippen molar-refractivity contribution in [2.24, 2.45) is 5.92 Å². The molecule has 178 valence electrons. The summed E-state index contributed by atoms with van der Waals surface area (Å²) >= 11 is 0. The van der Waals surface area contributed by atoms with Gasteiger partial charge in [-0.1, -0.05) is 30.5 Å². The smallest absolute Gasteiger partial charge is 0.298 e. The third kappa shape index (κ3) is 4.53. The van der Waals surface area contributed by atoms with E-state index in [1.165, 1.54) is 6.42 Å². The third-order valence-corrected chi connectivity index (χ3v) is 8.06. The molecule has 0 bridgehead atoms. The summed E-state index contributed by atoms with van der Waals surface area (Å²) in [5.74, 6) is 2.36. The predicted molar refractivity (Wildman–Crippen MR) is 127 cm³/mol. The maximum absolute atomic E-state index is 12.7. The standard InChI is InChI=1S/C24H27N5O4S/c1-3-22(30)28-12-19-13-29(25-20(19)14-28)11-18-9-16(2)23-21(10-18)33-26-24(23)27-34(31,32)15-17-7-5-4-6-8-17/h1,9-10,13,17H,4-8,11-12,14-15H2,2H3,(H,26,27). The molecular weight excluding hydrogens is 454 g/mol. The van der Waals surface area contributed by atoms with Crippen molar-refractivity contribution in [2.45, 2.75) is 58.7 Å². The van der Waals surface area contributed by atoms with Crippen molar-refractivity contribution >= 4 is 32.7 Å². The lowest BCUT2D eigenvalue weighted by molar-refractivity contribution is -0.125. The topological polar surface area (TPSA) is 110 Å². The van der Waals surface area contributed by atoms with Crippen LogP contribution in [0.25, 0.3) is 11.0 Å². The number of aryl methyl sites for hydroxylation is 1. The van der Waals surface area contributed by atoms with E-state index in [1.54, 1.807) is 4.90 Å². The number of nitrogens with one attached hydrogen (secondary N) is 1. The van der Waals surface area contributed by atoms with Crippen molar-refractivity contribution in [3.05, 3.63) is 40.7 Å². The highest BCUT2D eigenvalue weighted by molar-refractivity contribution is 7.92. The fourth-order valence-electron chi connectivity index (χ4n) is 5.07. The van der Waals surface area contributed by atoms with Gasteiger partial charge in [-0.25, -0.2) is 8.42 Å². The van der Waals surface area contributed by atoms with Crippen molar-refractivity contribution in [3.8, 4) is 12.3 Å². The van der Waals surface area contributed by atoms with Gasteiger partial charge in [-0.2, -0.15) is 5.10 Å². The van der Waals surface area contributed by atoms with E-state index in [4.69, 9.17) is 10.9 Å². The number of benzene rings is 1. The van der Waals surface area contributed by atoms with Crippen molar-refractivity contribution < 1.29 is 17.7 Å². The molecular formula is C24H27N5O4S. The molecule has 1 amide bonds. The molecule has 1 aliphatic heterocycles. The van der Waals surface area contributed by atoms with Crippen LogP contribution in [0.4, 0.5) is 5.82 Å². The van der Waals surface area contributed by atoms with Crippen LogP contribution in [0.3, 0.4) is 0 Å². The van der Waals surface area contributed by atoms with E-state index in [1.807, 2.05) is 29.9 Å². The van der Waals surface area contributed by atoms with Crippen LogP contribution in [0.15, 0.2) is 22.9 Å². The molecule has 1 aliphatic carbocycles. The van der Waals surface area contributed by atoms with E-state index in [2.05, 4.69) is 20.9 Å². The average molecular weight is 482 g/mol. The summed E-state index contributed by atoms with van der Waals surface area (Å²) in [6.45, 7) is 3.30. The molecule has 1 aromatic carbocycles. The minimum absolute atomic E-state index is 0.118. The second-order valence-electron chi connectivity index (χ2n) is 9.31. The first-order valence-electron chi connectivity index (χ1n) is 11.5. The fraction of sp³-hybridized carbons (Fsp3) is 0.458.